The van der Waals surface area contributed by atoms with Crippen LogP contribution in [0.4, 0.5) is 4.39 Å². The molecule has 0 fully saturated rings. The molecule has 0 spiro atoms. The second-order valence-electron chi connectivity index (χ2n) is 8.73. The first kappa shape index (κ1) is 25.7. The van der Waals surface area contributed by atoms with Crippen LogP contribution in [0.5, 0.6) is 5.75 Å². The van der Waals surface area contributed by atoms with Gasteiger partial charge in [0.15, 0.2) is 11.6 Å². The van der Waals surface area contributed by atoms with E-state index in [9.17, 15) is 9.18 Å². The summed E-state index contributed by atoms with van der Waals surface area (Å²) < 4.78 is 25.3. The van der Waals surface area contributed by atoms with Crippen molar-refractivity contribution in [3.8, 4) is 29.1 Å². The summed E-state index contributed by atoms with van der Waals surface area (Å²) in [7, 11) is 0.0142. The lowest BCUT2D eigenvalue weighted by molar-refractivity contribution is -0.125. The smallest absolute Gasteiger partial charge is 0.272 e. The zero-order valence-corrected chi connectivity index (χ0v) is 21.4. The molecule has 1 heterocycles. The fourth-order valence-corrected chi connectivity index (χ4v) is 3.59. The lowest BCUT2D eigenvalue weighted by Crippen LogP contribution is -2.47. The fraction of sp³-hybridized carbons (Fsp3) is 0.417. The van der Waals surface area contributed by atoms with E-state index in [-0.39, 0.29) is 12.4 Å². The third-order valence-electron chi connectivity index (χ3n) is 4.03. The molecule has 0 bridgehead atoms. The van der Waals surface area contributed by atoms with Crippen molar-refractivity contribution in [2.45, 2.75) is 44.5 Å². The average molecular weight is 473 g/mol. The number of amides is 1. The van der Waals surface area contributed by atoms with Crippen LogP contribution in [0.2, 0.25) is 19.6 Å². The molecule has 0 saturated heterocycles. The lowest BCUT2D eigenvalue weighted by atomic mass is 10.1. The van der Waals surface area contributed by atoms with Gasteiger partial charge < -0.3 is 14.8 Å². The number of methoxy groups -OCH3 is 1. The van der Waals surface area contributed by atoms with Crippen LogP contribution in [0.25, 0.3) is 10.9 Å². The van der Waals surface area contributed by atoms with E-state index >= 15 is 0 Å². The zero-order valence-electron chi connectivity index (χ0n) is 19.6. The molecule has 5 nitrogen and oxygen atoms in total. The topological polar surface area (TPSA) is 60.5 Å². The van der Waals surface area contributed by atoms with E-state index in [4.69, 9.17) is 9.47 Å². The number of hydrogen-bond donors (Lipinski definition) is 1. The van der Waals surface area contributed by atoms with E-state index < -0.39 is 30.8 Å². The van der Waals surface area contributed by atoms with Crippen LogP contribution in [-0.4, -0.2) is 49.9 Å². The Balaban J connectivity index is 2.27. The Morgan fingerprint density at radius 2 is 2.03 bits per heavy atom. The maximum atomic E-state index is 14.7. The van der Waals surface area contributed by atoms with E-state index in [2.05, 4.69) is 53.2 Å². The lowest BCUT2D eigenvalue weighted by Gasteiger charge is -2.24. The fourth-order valence-electron chi connectivity index (χ4n) is 2.60. The van der Waals surface area contributed by atoms with Gasteiger partial charge in [-0.25, -0.2) is 4.39 Å². The van der Waals surface area contributed by atoms with Gasteiger partial charge in [-0.15, -0.1) is 17.3 Å². The molecule has 1 unspecified atom stereocenters. The third-order valence-corrected chi connectivity index (χ3v) is 5.65. The van der Waals surface area contributed by atoms with Gasteiger partial charge in [0.05, 0.1) is 11.1 Å². The molecule has 1 amide bonds. The van der Waals surface area contributed by atoms with Gasteiger partial charge in [-0.2, -0.15) is 0 Å². The number of pyridine rings is 1. The predicted molar refractivity (Wildman–Crippen MR) is 132 cm³/mol. The molecule has 2 rings (SSSR count). The minimum Gasteiger partial charge on any atom is -0.467 e. The molecule has 1 aromatic heterocycles. The first-order chi connectivity index (χ1) is 14.9. The summed E-state index contributed by atoms with van der Waals surface area (Å²) in [6.07, 6.45) is 3.36. The quantitative estimate of drug-likeness (QED) is 0.388. The van der Waals surface area contributed by atoms with Crippen molar-refractivity contribution in [3.05, 3.63) is 35.8 Å². The Bertz CT molecular complexity index is 1110. The number of hydrogen-bond acceptors (Lipinski definition) is 5. The van der Waals surface area contributed by atoms with Crippen molar-refractivity contribution >= 4 is 36.6 Å². The van der Waals surface area contributed by atoms with Gasteiger partial charge in [0, 0.05) is 30.3 Å². The number of aromatic nitrogens is 1. The van der Waals surface area contributed by atoms with Crippen molar-refractivity contribution in [1.82, 2.24) is 10.3 Å². The molecule has 1 atom stereocenters. The van der Waals surface area contributed by atoms with Gasteiger partial charge in [0.1, 0.15) is 14.7 Å². The predicted octanol–water partition coefficient (Wildman–Crippen LogP) is 4.22. The zero-order chi connectivity index (χ0) is 23.9. The highest BCUT2D eigenvalue weighted by atomic mass is 32.2. The molecule has 8 heteroatoms. The minimum absolute atomic E-state index is 0.0209. The summed E-state index contributed by atoms with van der Waals surface area (Å²) in [4.78, 5) is 17.0. The second kappa shape index (κ2) is 10.9. The molecule has 1 aromatic carbocycles. The molecule has 0 saturated carbocycles. The molecule has 0 aliphatic rings. The van der Waals surface area contributed by atoms with Gasteiger partial charge in [-0.1, -0.05) is 37.4 Å². The summed E-state index contributed by atoms with van der Waals surface area (Å²) in [5.74, 6) is 7.91. The highest BCUT2D eigenvalue weighted by molar-refractivity contribution is 7.99. The van der Waals surface area contributed by atoms with Crippen molar-refractivity contribution in [1.29, 1.82) is 0 Å². The van der Waals surface area contributed by atoms with Gasteiger partial charge in [-0.3, -0.25) is 9.78 Å². The molecule has 170 valence electrons. The van der Waals surface area contributed by atoms with E-state index in [0.29, 0.717) is 10.9 Å². The number of nitrogens with zero attached hydrogens (tertiary/aromatic N) is 1. The van der Waals surface area contributed by atoms with Crippen molar-refractivity contribution in [3.63, 3.8) is 0 Å². The SMILES string of the molecule is COCC#CC(C)(C)NC(=O)C(Oc1cc2cc(C#C[Si](C)(C)C)cnc2cc1F)SC. The third kappa shape index (κ3) is 7.87. The number of carbonyl (C=O) groups is 1. The molecule has 0 radical (unpaired) electrons. The first-order valence-corrected chi connectivity index (χ1v) is 14.9. The van der Waals surface area contributed by atoms with E-state index in [1.165, 1.54) is 6.07 Å². The summed E-state index contributed by atoms with van der Waals surface area (Å²) in [5.41, 5.74) is 2.80. The summed E-state index contributed by atoms with van der Waals surface area (Å²) in [6, 6.07) is 4.71. The Hall–Kier alpha value is -2.52. The normalized spacial score (nSPS) is 12.2. The summed E-state index contributed by atoms with van der Waals surface area (Å²) in [6.45, 7) is 10.3. The average Bonchev–Trinajstić information content (AvgIpc) is 2.69. The number of rotatable bonds is 6. The standard InChI is InChI=1S/C24H29FN2O3SSi/c1-24(2,10-8-11-29-3)27-22(28)23(31-4)30-21-14-18-13-17(9-12-32(5,6)7)16-26-20(18)15-19(21)25/h13-16,23H,11H2,1-7H3,(H,27,28). The van der Waals surface area contributed by atoms with Crippen LogP contribution in [0, 0.1) is 29.1 Å². The number of nitrogens with one attached hydrogen (secondary N) is 1. The maximum Gasteiger partial charge on any atom is 0.272 e. The molecule has 1 N–H and O–H groups in total. The second-order valence-corrected chi connectivity index (χ2v) is 14.4. The Labute approximate surface area is 194 Å². The monoisotopic (exact) mass is 472 g/mol. The molecule has 0 aliphatic carbocycles. The van der Waals surface area contributed by atoms with Crippen molar-refractivity contribution in [2.75, 3.05) is 20.0 Å². The minimum atomic E-state index is -1.53. The highest BCUT2D eigenvalue weighted by Crippen LogP contribution is 2.27. The van der Waals surface area contributed by atoms with Crippen LogP contribution < -0.4 is 10.1 Å². The largest absolute Gasteiger partial charge is 0.467 e. The summed E-state index contributed by atoms with van der Waals surface area (Å²) in [5, 5.41) is 3.51. The number of fused-ring (bicyclic) bond motifs is 1. The van der Waals surface area contributed by atoms with Crippen LogP contribution >= 0.6 is 11.8 Å². The van der Waals surface area contributed by atoms with Crippen molar-refractivity contribution in [2.24, 2.45) is 0 Å². The number of benzene rings is 1. The van der Waals surface area contributed by atoms with E-state index in [1.807, 2.05) is 6.07 Å². The number of ether oxygens (including phenoxy) is 2. The van der Waals surface area contributed by atoms with Gasteiger partial charge in [0.2, 0.25) is 5.44 Å². The van der Waals surface area contributed by atoms with Crippen LogP contribution in [0.15, 0.2) is 24.4 Å². The molecule has 0 aliphatic heterocycles. The van der Waals surface area contributed by atoms with Crippen LogP contribution in [0.3, 0.4) is 0 Å². The Morgan fingerprint density at radius 1 is 1.31 bits per heavy atom. The molecule has 2 aromatic rings. The Morgan fingerprint density at radius 3 is 2.66 bits per heavy atom. The number of thioether (sulfide) groups is 1. The van der Waals surface area contributed by atoms with Gasteiger partial charge >= 0.3 is 0 Å². The van der Waals surface area contributed by atoms with Gasteiger partial charge in [0.25, 0.3) is 5.91 Å². The van der Waals surface area contributed by atoms with E-state index in [1.54, 1.807) is 39.5 Å². The van der Waals surface area contributed by atoms with Crippen LogP contribution in [0.1, 0.15) is 19.4 Å². The molecular formula is C24H29FN2O3SSi. The first-order valence-electron chi connectivity index (χ1n) is 10.1. The van der Waals surface area contributed by atoms with Gasteiger partial charge in [-0.05, 0) is 32.2 Å². The molecule has 32 heavy (non-hydrogen) atoms. The Kier molecular flexibility index (Phi) is 8.74. The molecular weight excluding hydrogens is 443 g/mol. The van der Waals surface area contributed by atoms with Crippen LogP contribution in [-0.2, 0) is 9.53 Å². The maximum absolute atomic E-state index is 14.7. The number of halogens is 1. The summed E-state index contributed by atoms with van der Waals surface area (Å²) >= 11 is 1.16. The van der Waals surface area contributed by atoms with Crippen molar-refractivity contribution < 1.29 is 18.7 Å². The number of carbonyl (C=O) groups excluding carboxylic acids is 1. The highest BCUT2D eigenvalue weighted by Gasteiger charge is 2.26. The van der Waals surface area contributed by atoms with E-state index in [0.717, 1.165) is 17.3 Å².